The summed E-state index contributed by atoms with van der Waals surface area (Å²) >= 11 is 0. The molecule has 1 heterocycles. The van der Waals surface area contributed by atoms with Crippen molar-refractivity contribution in [3.63, 3.8) is 0 Å². The van der Waals surface area contributed by atoms with E-state index in [0.29, 0.717) is 0 Å². The minimum Gasteiger partial charge on any atom is -0.445 e. The summed E-state index contributed by atoms with van der Waals surface area (Å²) in [5.41, 5.74) is 0.884. The van der Waals surface area contributed by atoms with Crippen LogP contribution in [0.15, 0.2) is 30.3 Å². The Labute approximate surface area is 122 Å². The summed E-state index contributed by atoms with van der Waals surface area (Å²) in [6.45, 7) is 0.0873. The van der Waals surface area contributed by atoms with Crippen molar-refractivity contribution in [3.8, 4) is 0 Å². The Morgan fingerprint density at radius 3 is 2.67 bits per heavy atom. The number of carbonyl (C=O) groups excluding carboxylic acids is 1. The van der Waals surface area contributed by atoms with Crippen LogP contribution >= 0.6 is 0 Å². The lowest BCUT2D eigenvalue weighted by Crippen LogP contribution is -2.50. The van der Waals surface area contributed by atoms with Crippen LogP contribution in [0.5, 0.6) is 0 Å². The maximum absolute atomic E-state index is 12.2. The van der Waals surface area contributed by atoms with Crippen molar-refractivity contribution in [1.29, 1.82) is 0 Å². The van der Waals surface area contributed by atoms with Gasteiger partial charge in [0.25, 0.3) is 0 Å². The molecule has 1 saturated carbocycles. The van der Waals surface area contributed by atoms with E-state index in [9.17, 15) is 20.1 Å². The third-order valence-corrected chi connectivity index (χ3v) is 4.37. The second-order valence-electron chi connectivity index (χ2n) is 5.66. The van der Waals surface area contributed by atoms with Gasteiger partial charge in [0.1, 0.15) is 6.61 Å². The predicted molar refractivity (Wildman–Crippen MR) is 73.2 cm³/mol. The summed E-state index contributed by atoms with van der Waals surface area (Å²) in [5.74, 6) is -0.440. The van der Waals surface area contributed by atoms with Gasteiger partial charge >= 0.3 is 6.09 Å². The van der Waals surface area contributed by atoms with Crippen LogP contribution in [0, 0.1) is 11.8 Å². The van der Waals surface area contributed by atoms with Crippen molar-refractivity contribution in [1.82, 2.24) is 4.90 Å². The van der Waals surface area contributed by atoms with Crippen LogP contribution in [0.25, 0.3) is 0 Å². The van der Waals surface area contributed by atoms with E-state index < -0.39 is 18.3 Å². The third-order valence-electron chi connectivity index (χ3n) is 4.37. The topological polar surface area (TPSA) is 90.2 Å². The number of carbonyl (C=O) groups is 1. The normalized spacial score (nSPS) is 34.2. The van der Waals surface area contributed by atoms with Crippen molar-refractivity contribution in [3.05, 3.63) is 35.9 Å². The Kier molecular flexibility index (Phi) is 3.84. The van der Waals surface area contributed by atoms with Gasteiger partial charge in [-0.3, -0.25) is 0 Å². The third kappa shape index (κ3) is 2.62. The average Bonchev–Trinajstić information content (AvgIpc) is 3.24. The summed E-state index contributed by atoms with van der Waals surface area (Å²) in [7, 11) is 0. The lowest BCUT2D eigenvalue weighted by atomic mass is 10.0. The van der Waals surface area contributed by atoms with Gasteiger partial charge in [-0.1, -0.05) is 30.3 Å². The maximum atomic E-state index is 12.2. The van der Waals surface area contributed by atoms with E-state index in [1.54, 1.807) is 0 Å². The highest BCUT2D eigenvalue weighted by Crippen LogP contribution is 2.49. The summed E-state index contributed by atoms with van der Waals surface area (Å²) in [6.07, 6.45) is -2.40. The van der Waals surface area contributed by atoms with Crippen molar-refractivity contribution < 1.29 is 24.9 Å². The van der Waals surface area contributed by atoms with Crippen molar-refractivity contribution in [2.75, 3.05) is 13.2 Å². The van der Waals surface area contributed by atoms with Gasteiger partial charge in [0, 0.05) is 24.5 Å². The van der Waals surface area contributed by atoms with Crippen LogP contribution in [0.4, 0.5) is 4.79 Å². The molecule has 21 heavy (non-hydrogen) atoms. The van der Waals surface area contributed by atoms with Gasteiger partial charge in [-0.25, -0.2) is 4.79 Å². The van der Waals surface area contributed by atoms with Crippen molar-refractivity contribution >= 4 is 6.09 Å². The van der Waals surface area contributed by atoms with Gasteiger partial charge in [0.05, 0.1) is 18.8 Å². The van der Waals surface area contributed by atoms with E-state index in [2.05, 4.69) is 0 Å². The number of β-amino-alcohol motifs (C(OH)–C–C–N with tert-alkyl or cyclic N) is 1. The molecule has 5 atom stereocenters. The Morgan fingerprint density at radius 2 is 2.00 bits per heavy atom. The molecule has 6 heteroatoms. The van der Waals surface area contributed by atoms with Crippen LogP contribution in [-0.2, 0) is 11.3 Å². The van der Waals surface area contributed by atoms with Crippen LogP contribution in [-0.4, -0.2) is 57.7 Å². The first-order chi connectivity index (χ1) is 10.1. The molecule has 2 aliphatic rings. The largest absolute Gasteiger partial charge is 0.445 e. The van der Waals surface area contributed by atoms with E-state index in [1.807, 2.05) is 30.3 Å². The van der Waals surface area contributed by atoms with E-state index in [4.69, 9.17) is 4.74 Å². The smallest absolute Gasteiger partial charge is 0.410 e. The van der Waals surface area contributed by atoms with Crippen LogP contribution in [0.2, 0.25) is 0 Å². The minimum absolute atomic E-state index is 0.0342. The van der Waals surface area contributed by atoms with E-state index >= 15 is 0 Å². The fourth-order valence-corrected chi connectivity index (χ4v) is 3.19. The quantitative estimate of drug-likeness (QED) is 0.728. The van der Waals surface area contributed by atoms with E-state index in [0.717, 1.165) is 5.56 Å². The van der Waals surface area contributed by atoms with Crippen LogP contribution in [0.1, 0.15) is 5.56 Å². The zero-order chi connectivity index (χ0) is 15.0. The molecule has 2 fully saturated rings. The molecule has 3 N–H and O–H groups in total. The molecule has 1 amide bonds. The first-order valence-electron chi connectivity index (χ1n) is 7.07. The second kappa shape index (κ2) is 5.63. The number of aliphatic hydroxyl groups is 3. The predicted octanol–water partition coefficient (Wildman–Crippen LogP) is -0.0325. The molecule has 0 spiro atoms. The molecular weight excluding hydrogens is 274 g/mol. The van der Waals surface area contributed by atoms with Gasteiger partial charge in [0.2, 0.25) is 0 Å². The number of nitrogens with zero attached hydrogens (tertiary/aromatic N) is 1. The molecule has 0 unspecified atom stereocenters. The van der Waals surface area contributed by atoms with Gasteiger partial charge in [-0.2, -0.15) is 0 Å². The van der Waals surface area contributed by atoms with Crippen LogP contribution in [0.3, 0.4) is 0 Å². The summed E-state index contributed by atoms with van der Waals surface area (Å²) in [6, 6.07) is 9.09. The van der Waals surface area contributed by atoms with Gasteiger partial charge in [-0.05, 0) is 5.56 Å². The van der Waals surface area contributed by atoms with Gasteiger partial charge in [0.15, 0.2) is 0 Å². The summed E-state index contributed by atoms with van der Waals surface area (Å²) < 4.78 is 5.25. The number of ether oxygens (including phenoxy) is 1. The highest BCUT2D eigenvalue weighted by atomic mass is 16.6. The first kappa shape index (κ1) is 14.3. The minimum atomic E-state index is -0.993. The number of rotatable bonds is 3. The Hall–Kier alpha value is -1.63. The molecule has 114 valence electrons. The molecule has 1 aliphatic carbocycles. The molecule has 0 bridgehead atoms. The van der Waals surface area contributed by atoms with Crippen molar-refractivity contribution in [2.24, 2.45) is 11.8 Å². The summed E-state index contributed by atoms with van der Waals surface area (Å²) in [4.78, 5) is 13.6. The number of likely N-dealkylation sites (tertiary alicyclic amines) is 1. The molecule has 1 saturated heterocycles. The highest BCUT2D eigenvalue weighted by Gasteiger charge is 2.62. The standard InChI is InChI=1S/C15H19NO5/c17-7-10-12-13(10)16(6-11(18)14(12)19)15(20)21-8-9-4-2-1-3-5-9/h1-5,10-14,17-19H,6-8H2/t10-,11-,12-,13+,14-/m1/s1. The number of amides is 1. The number of benzene rings is 1. The molecule has 0 aromatic heterocycles. The second-order valence-corrected chi connectivity index (χ2v) is 5.66. The number of aliphatic hydroxyl groups excluding tert-OH is 3. The fourth-order valence-electron chi connectivity index (χ4n) is 3.19. The Balaban J connectivity index is 1.62. The molecule has 1 aliphatic heterocycles. The molecular formula is C15H19NO5. The van der Waals surface area contributed by atoms with E-state index in [1.165, 1.54) is 4.90 Å². The maximum Gasteiger partial charge on any atom is 0.410 e. The SMILES string of the molecule is O=C(OCc1ccccc1)N1C[C@@H](O)[C@@H](O)[C@@H]2[C@@H](CO)[C@@H]21. The molecule has 0 radical (unpaired) electrons. The summed E-state index contributed by atoms with van der Waals surface area (Å²) in [5, 5.41) is 28.9. The number of hydrogen-bond acceptors (Lipinski definition) is 5. The lowest BCUT2D eigenvalue weighted by molar-refractivity contribution is -0.0428. The number of piperidine rings is 1. The first-order valence-corrected chi connectivity index (χ1v) is 7.07. The lowest BCUT2D eigenvalue weighted by Gasteiger charge is -2.32. The molecule has 1 aromatic rings. The Morgan fingerprint density at radius 1 is 1.29 bits per heavy atom. The van der Waals surface area contributed by atoms with Gasteiger partial charge < -0.3 is 25.0 Å². The van der Waals surface area contributed by atoms with E-state index in [-0.39, 0.29) is 37.6 Å². The van der Waals surface area contributed by atoms with Crippen LogP contribution < -0.4 is 0 Å². The van der Waals surface area contributed by atoms with Crippen molar-refractivity contribution in [2.45, 2.75) is 24.9 Å². The fraction of sp³-hybridized carbons (Fsp3) is 0.533. The Bertz CT molecular complexity index is 508. The molecule has 1 aromatic carbocycles. The molecule has 3 rings (SSSR count). The number of fused-ring (bicyclic) bond motifs is 1. The number of hydrogen-bond donors (Lipinski definition) is 3. The average molecular weight is 293 g/mol. The molecule has 6 nitrogen and oxygen atoms in total. The highest BCUT2D eigenvalue weighted by molar-refractivity contribution is 5.69. The van der Waals surface area contributed by atoms with Gasteiger partial charge in [-0.15, -0.1) is 0 Å². The monoisotopic (exact) mass is 293 g/mol. The zero-order valence-corrected chi connectivity index (χ0v) is 11.5. The zero-order valence-electron chi connectivity index (χ0n) is 11.5.